The first-order valence-corrected chi connectivity index (χ1v) is 12.8. The van der Waals surface area contributed by atoms with Crippen LogP contribution in [-0.2, 0) is 26.8 Å². The number of aromatic nitrogens is 3. The van der Waals surface area contributed by atoms with Crippen molar-refractivity contribution < 1.29 is 17.6 Å². The number of Topliss-reactive ketones (excluding diaryl/α,β-unsaturated/α-hetero) is 1. The molecule has 0 bridgehead atoms. The Balaban J connectivity index is 1.51. The number of sulfone groups is 1. The van der Waals surface area contributed by atoms with Crippen LogP contribution in [0.1, 0.15) is 49.2 Å². The average molecular weight is 488 g/mol. The lowest BCUT2D eigenvalue weighted by Crippen LogP contribution is -2.18. The summed E-state index contributed by atoms with van der Waals surface area (Å²) in [6.45, 7) is 1.84. The van der Waals surface area contributed by atoms with Crippen molar-refractivity contribution in [3.63, 3.8) is 0 Å². The van der Waals surface area contributed by atoms with E-state index in [0.717, 1.165) is 0 Å². The highest BCUT2D eigenvalue weighted by molar-refractivity contribution is 7.91. The zero-order valence-electron chi connectivity index (χ0n) is 18.0. The van der Waals surface area contributed by atoms with Gasteiger partial charge in [0.15, 0.2) is 9.84 Å². The number of hydrogen-bond acceptors (Lipinski definition) is 6. The Morgan fingerprint density at radius 2 is 1.97 bits per heavy atom. The molecule has 172 valence electrons. The average Bonchev–Trinajstić information content (AvgIpc) is 3.62. The van der Waals surface area contributed by atoms with Crippen molar-refractivity contribution in [3.05, 3.63) is 76.8 Å². The van der Waals surface area contributed by atoms with E-state index in [0.29, 0.717) is 41.1 Å². The minimum Gasteiger partial charge on any atom is -0.299 e. The van der Waals surface area contributed by atoms with Gasteiger partial charge in [-0.2, -0.15) is 0 Å². The van der Waals surface area contributed by atoms with Crippen LogP contribution >= 0.6 is 11.6 Å². The van der Waals surface area contributed by atoms with Gasteiger partial charge >= 0.3 is 0 Å². The molecule has 0 N–H and O–H groups in total. The summed E-state index contributed by atoms with van der Waals surface area (Å²) >= 11 is 5.96. The Labute approximate surface area is 197 Å². The molecule has 9 heteroatoms. The lowest BCUT2D eigenvalue weighted by molar-refractivity contribution is -0.120. The smallest absolute Gasteiger partial charge is 0.160 e. The number of halogens is 2. The van der Waals surface area contributed by atoms with Crippen LogP contribution in [0.25, 0.3) is 11.1 Å². The molecule has 1 aromatic carbocycles. The maximum absolute atomic E-state index is 14.8. The van der Waals surface area contributed by atoms with Crippen molar-refractivity contribution in [3.8, 4) is 11.1 Å². The molecule has 0 radical (unpaired) electrons. The second kappa shape index (κ2) is 9.65. The van der Waals surface area contributed by atoms with E-state index in [1.807, 2.05) is 6.92 Å². The summed E-state index contributed by atoms with van der Waals surface area (Å²) in [5.41, 5.74) is 2.03. The first-order chi connectivity index (χ1) is 15.8. The molecule has 1 saturated carbocycles. The first-order valence-electron chi connectivity index (χ1n) is 10.7. The zero-order chi connectivity index (χ0) is 23.6. The molecule has 0 spiro atoms. The predicted octanol–water partition coefficient (Wildman–Crippen LogP) is 4.71. The van der Waals surface area contributed by atoms with E-state index in [4.69, 9.17) is 11.6 Å². The molecule has 3 aromatic rings. The van der Waals surface area contributed by atoms with Gasteiger partial charge in [0.2, 0.25) is 0 Å². The number of benzene rings is 1. The number of ketones is 1. The van der Waals surface area contributed by atoms with Gasteiger partial charge in [-0.25, -0.2) is 22.8 Å². The summed E-state index contributed by atoms with van der Waals surface area (Å²) in [7, 11) is -3.27. The molecule has 0 aliphatic heterocycles. The second-order valence-corrected chi connectivity index (χ2v) is 10.9. The Kier molecular flexibility index (Phi) is 6.86. The number of carbonyl (C=O) groups is 1. The summed E-state index contributed by atoms with van der Waals surface area (Å²) in [6.07, 6.45) is 6.28. The third-order valence-corrected chi connectivity index (χ3v) is 8.05. The molecule has 1 aliphatic rings. The maximum Gasteiger partial charge on any atom is 0.160 e. The van der Waals surface area contributed by atoms with Crippen LogP contribution in [-0.4, -0.2) is 34.4 Å². The lowest BCUT2D eigenvalue weighted by Gasteiger charge is -2.15. The summed E-state index contributed by atoms with van der Waals surface area (Å²) in [4.78, 5) is 25.5. The molecule has 33 heavy (non-hydrogen) atoms. The fourth-order valence-electron chi connectivity index (χ4n) is 3.76. The molecule has 0 saturated heterocycles. The highest BCUT2D eigenvalue weighted by Crippen LogP contribution is 2.31. The Morgan fingerprint density at radius 1 is 1.18 bits per heavy atom. The van der Waals surface area contributed by atoms with E-state index in [1.165, 1.54) is 18.5 Å². The standard InChI is InChI=1S/C24H23ClFN3O3S/c1-2-20(22-7-8-28-24(29-22)14-33(31,32)19-5-6-19)23(30)11-16-4-3-15(10-21(16)26)17-9-18(25)13-27-12-17/h3-4,7-10,12-13,19-20H,2,5-6,11,14H2,1H3. The van der Waals surface area contributed by atoms with Crippen LogP contribution < -0.4 is 0 Å². The van der Waals surface area contributed by atoms with Crippen LogP contribution in [0.5, 0.6) is 0 Å². The summed E-state index contributed by atoms with van der Waals surface area (Å²) in [6, 6.07) is 7.99. The highest BCUT2D eigenvalue weighted by Gasteiger charge is 2.36. The molecule has 1 fully saturated rings. The van der Waals surface area contributed by atoms with Gasteiger partial charge in [-0.05, 0) is 48.6 Å². The molecule has 2 heterocycles. The topological polar surface area (TPSA) is 89.9 Å². The molecule has 4 rings (SSSR count). The van der Waals surface area contributed by atoms with E-state index in [1.54, 1.807) is 30.5 Å². The number of pyridine rings is 1. The van der Waals surface area contributed by atoms with Crippen molar-refractivity contribution in [2.75, 3.05) is 0 Å². The van der Waals surface area contributed by atoms with E-state index < -0.39 is 21.6 Å². The van der Waals surface area contributed by atoms with Gasteiger partial charge in [0.05, 0.1) is 21.9 Å². The highest BCUT2D eigenvalue weighted by atomic mass is 35.5. The minimum absolute atomic E-state index is 0.0991. The van der Waals surface area contributed by atoms with Crippen LogP contribution in [0, 0.1) is 5.82 Å². The van der Waals surface area contributed by atoms with Crippen molar-refractivity contribution in [2.45, 2.75) is 49.5 Å². The van der Waals surface area contributed by atoms with Crippen molar-refractivity contribution in [1.29, 1.82) is 0 Å². The Bertz CT molecular complexity index is 1300. The van der Waals surface area contributed by atoms with Gasteiger partial charge in [0, 0.05) is 30.6 Å². The third-order valence-electron chi connectivity index (χ3n) is 5.70. The van der Waals surface area contributed by atoms with E-state index in [9.17, 15) is 17.6 Å². The lowest BCUT2D eigenvalue weighted by atomic mass is 9.91. The zero-order valence-corrected chi connectivity index (χ0v) is 19.6. The van der Waals surface area contributed by atoms with Crippen LogP contribution in [0.4, 0.5) is 4.39 Å². The summed E-state index contributed by atoms with van der Waals surface area (Å²) < 4.78 is 39.3. The monoisotopic (exact) mass is 487 g/mol. The maximum atomic E-state index is 14.8. The van der Waals surface area contributed by atoms with Crippen molar-refractivity contribution in [2.24, 2.45) is 0 Å². The number of rotatable bonds is 9. The van der Waals surface area contributed by atoms with Crippen LogP contribution in [0.15, 0.2) is 48.9 Å². The van der Waals surface area contributed by atoms with Crippen molar-refractivity contribution >= 4 is 27.2 Å². The Morgan fingerprint density at radius 3 is 2.64 bits per heavy atom. The number of nitrogens with zero attached hydrogens (tertiary/aromatic N) is 3. The van der Waals surface area contributed by atoms with Gasteiger partial charge in [-0.15, -0.1) is 0 Å². The molecule has 2 aromatic heterocycles. The van der Waals surface area contributed by atoms with Crippen molar-refractivity contribution in [1.82, 2.24) is 15.0 Å². The summed E-state index contributed by atoms with van der Waals surface area (Å²) in [5, 5.41) is 0.147. The Hall–Kier alpha value is -2.71. The molecular formula is C24H23ClFN3O3S. The van der Waals surface area contributed by atoms with Crippen LogP contribution in [0.3, 0.4) is 0 Å². The van der Waals surface area contributed by atoms with E-state index >= 15 is 0 Å². The van der Waals surface area contributed by atoms with E-state index in [-0.39, 0.29) is 34.6 Å². The fraction of sp³-hybridized carbons (Fsp3) is 0.333. The molecular weight excluding hydrogens is 465 g/mol. The normalized spacial score (nSPS) is 14.8. The van der Waals surface area contributed by atoms with Gasteiger partial charge in [0.1, 0.15) is 23.2 Å². The summed E-state index contributed by atoms with van der Waals surface area (Å²) in [5.74, 6) is -1.30. The van der Waals surface area contributed by atoms with Crippen LogP contribution in [0.2, 0.25) is 5.02 Å². The predicted molar refractivity (Wildman–Crippen MR) is 124 cm³/mol. The molecule has 1 unspecified atom stereocenters. The first kappa shape index (κ1) is 23.4. The fourth-order valence-corrected chi connectivity index (χ4v) is 5.52. The largest absolute Gasteiger partial charge is 0.299 e. The SMILES string of the molecule is CCC(C(=O)Cc1ccc(-c2cncc(Cl)c2)cc1F)c1ccnc(CS(=O)(=O)C2CC2)n1. The molecule has 0 amide bonds. The van der Waals surface area contributed by atoms with E-state index in [2.05, 4.69) is 15.0 Å². The van der Waals surface area contributed by atoms with Gasteiger partial charge < -0.3 is 0 Å². The minimum atomic E-state index is -3.27. The number of hydrogen-bond donors (Lipinski definition) is 0. The molecule has 1 aliphatic carbocycles. The third kappa shape index (κ3) is 5.62. The number of carbonyl (C=O) groups excluding carboxylic acids is 1. The van der Waals surface area contributed by atoms with Gasteiger partial charge in [-0.1, -0.05) is 30.7 Å². The van der Waals surface area contributed by atoms with Gasteiger partial charge in [0.25, 0.3) is 0 Å². The molecule has 6 nitrogen and oxygen atoms in total. The second-order valence-electron chi connectivity index (χ2n) is 8.21. The van der Waals surface area contributed by atoms with Gasteiger partial charge in [-0.3, -0.25) is 9.78 Å². The quantitative estimate of drug-likeness (QED) is 0.434. The molecule has 1 atom stereocenters.